The van der Waals surface area contributed by atoms with Crippen molar-refractivity contribution in [2.75, 3.05) is 0 Å². The van der Waals surface area contributed by atoms with Crippen molar-refractivity contribution in [3.8, 4) is 0 Å². The van der Waals surface area contributed by atoms with Gasteiger partial charge in [-0.25, -0.2) is 0 Å². The van der Waals surface area contributed by atoms with E-state index in [1.165, 1.54) is 0 Å². The molecular weight excluding hydrogens is 164 g/mol. The molecular formula is C11H12O2. The number of hydrogen-bond donors (Lipinski definition) is 2. The van der Waals surface area contributed by atoms with Gasteiger partial charge >= 0.3 is 0 Å². The highest BCUT2D eigenvalue weighted by molar-refractivity contribution is 5.43. The number of hydrogen-bond acceptors (Lipinski definition) is 2. The second kappa shape index (κ2) is 2.98. The van der Waals surface area contributed by atoms with Crippen LogP contribution in [-0.2, 0) is 0 Å². The molecule has 2 atom stereocenters. The van der Waals surface area contributed by atoms with Gasteiger partial charge in [0.2, 0.25) is 0 Å². The van der Waals surface area contributed by atoms with Crippen LogP contribution in [0.3, 0.4) is 0 Å². The summed E-state index contributed by atoms with van der Waals surface area (Å²) in [6.07, 6.45) is 2.10. The van der Waals surface area contributed by atoms with Crippen molar-refractivity contribution in [2.45, 2.75) is 19.1 Å². The molecule has 68 valence electrons. The SMILES string of the molecule is Cc1cccc2c1C(O)C=CC2O. The molecule has 1 aliphatic carbocycles. The van der Waals surface area contributed by atoms with E-state index in [4.69, 9.17) is 0 Å². The number of benzene rings is 1. The lowest BCUT2D eigenvalue weighted by atomic mass is 9.89. The summed E-state index contributed by atoms with van der Waals surface area (Å²) in [4.78, 5) is 0. The lowest BCUT2D eigenvalue weighted by Crippen LogP contribution is -2.10. The monoisotopic (exact) mass is 176 g/mol. The fourth-order valence-corrected chi connectivity index (χ4v) is 1.78. The van der Waals surface area contributed by atoms with Gasteiger partial charge in [-0.15, -0.1) is 0 Å². The zero-order chi connectivity index (χ0) is 9.42. The largest absolute Gasteiger partial charge is 0.384 e. The average molecular weight is 176 g/mol. The Morgan fingerprint density at radius 1 is 1.08 bits per heavy atom. The Balaban J connectivity index is 2.62. The summed E-state index contributed by atoms with van der Waals surface area (Å²) in [5, 5.41) is 19.3. The van der Waals surface area contributed by atoms with E-state index in [9.17, 15) is 10.2 Å². The molecule has 0 saturated carbocycles. The molecule has 0 aliphatic heterocycles. The fourth-order valence-electron chi connectivity index (χ4n) is 1.78. The Hall–Kier alpha value is -1.12. The summed E-state index contributed by atoms with van der Waals surface area (Å²) < 4.78 is 0. The van der Waals surface area contributed by atoms with Crippen LogP contribution < -0.4 is 0 Å². The molecule has 13 heavy (non-hydrogen) atoms. The summed E-state index contributed by atoms with van der Waals surface area (Å²) in [6, 6.07) is 5.68. The predicted molar refractivity (Wildman–Crippen MR) is 50.2 cm³/mol. The van der Waals surface area contributed by atoms with E-state index in [1.54, 1.807) is 12.2 Å². The molecule has 2 nitrogen and oxygen atoms in total. The first-order valence-electron chi connectivity index (χ1n) is 4.34. The Morgan fingerprint density at radius 2 is 1.77 bits per heavy atom. The summed E-state index contributed by atoms with van der Waals surface area (Å²) in [5.74, 6) is 0. The quantitative estimate of drug-likeness (QED) is 0.590. The van der Waals surface area contributed by atoms with Crippen molar-refractivity contribution in [2.24, 2.45) is 0 Å². The van der Waals surface area contributed by atoms with Crippen LogP contribution in [0.1, 0.15) is 28.9 Å². The topological polar surface area (TPSA) is 40.5 Å². The predicted octanol–water partition coefficient (Wildman–Crippen LogP) is 1.63. The maximum atomic E-state index is 9.66. The van der Waals surface area contributed by atoms with Crippen LogP contribution in [0.4, 0.5) is 0 Å². The highest BCUT2D eigenvalue weighted by Gasteiger charge is 2.20. The summed E-state index contributed by atoms with van der Waals surface area (Å²) in [7, 11) is 0. The minimum atomic E-state index is -0.571. The molecule has 2 N–H and O–H groups in total. The van der Waals surface area contributed by atoms with Gasteiger partial charge in [0.05, 0.1) is 12.2 Å². The summed E-state index contributed by atoms with van der Waals surface area (Å²) in [6.45, 7) is 1.94. The second-order valence-corrected chi connectivity index (χ2v) is 3.35. The van der Waals surface area contributed by atoms with Gasteiger partial charge in [-0.3, -0.25) is 0 Å². The molecule has 0 bridgehead atoms. The molecule has 0 heterocycles. The van der Waals surface area contributed by atoms with Crippen molar-refractivity contribution in [3.63, 3.8) is 0 Å². The Labute approximate surface area is 77.1 Å². The number of fused-ring (bicyclic) bond motifs is 1. The highest BCUT2D eigenvalue weighted by Crippen LogP contribution is 2.32. The van der Waals surface area contributed by atoms with Crippen LogP contribution in [0, 0.1) is 6.92 Å². The van der Waals surface area contributed by atoms with Crippen LogP contribution in [-0.4, -0.2) is 10.2 Å². The third kappa shape index (κ3) is 1.28. The number of aliphatic hydroxyl groups is 2. The molecule has 0 radical (unpaired) electrons. The Bertz CT molecular complexity index is 355. The van der Waals surface area contributed by atoms with Gasteiger partial charge < -0.3 is 10.2 Å². The van der Waals surface area contributed by atoms with E-state index < -0.39 is 12.2 Å². The van der Waals surface area contributed by atoms with Crippen molar-refractivity contribution in [3.05, 3.63) is 47.0 Å². The summed E-state index contributed by atoms with van der Waals surface area (Å²) in [5.41, 5.74) is 2.68. The Morgan fingerprint density at radius 3 is 2.46 bits per heavy atom. The molecule has 2 unspecified atom stereocenters. The van der Waals surface area contributed by atoms with Crippen LogP contribution in [0.2, 0.25) is 0 Å². The van der Waals surface area contributed by atoms with E-state index in [1.807, 2.05) is 25.1 Å². The normalized spacial score (nSPS) is 25.8. The average Bonchev–Trinajstić information content (AvgIpc) is 2.12. The molecule has 0 amide bonds. The lowest BCUT2D eigenvalue weighted by Gasteiger charge is -2.22. The zero-order valence-corrected chi connectivity index (χ0v) is 7.44. The van der Waals surface area contributed by atoms with Gasteiger partial charge in [-0.2, -0.15) is 0 Å². The van der Waals surface area contributed by atoms with Gasteiger partial charge in [0.25, 0.3) is 0 Å². The van der Waals surface area contributed by atoms with Crippen molar-refractivity contribution < 1.29 is 10.2 Å². The van der Waals surface area contributed by atoms with Gasteiger partial charge in [0.15, 0.2) is 0 Å². The maximum absolute atomic E-state index is 9.66. The standard InChI is InChI=1S/C11H12O2/c1-7-3-2-4-8-9(12)5-6-10(13)11(7)8/h2-6,9-10,12-13H,1H3. The minimum Gasteiger partial charge on any atom is -0.384 e. The summed E-state index contributed by atoms with van der Waals surface area (Å²) >= 11 is 0. The van der Waals surface area contributed by atoms with E-state index >= 15 is 0 Å². The van der Waals surface area contributed by atoms with Gasteiger partial charge in [-0.1, -0.05) is 30.4 Å². The van der Waals surface area contributed by atoms with E-state index in [0.29, 0.717) is 0 Å². The lowest BCUT2D eigenvalue weighted by molar-refractivity contribution is 0.188. The fraction of sp³-hybridized carbons (Fsp3) is 0.273. The van der Waals surface area contributed by atoms with Gasteiger partial charge in [0.1, 0.15) is 0 Å². The third-order valence-corrected chi connectivity index (χ3v) is 2.45. The molecule has 1 aromatic rings. The van der Waals surface area contributed by atoms with E-state index in [2.05, 4.69) is 0 Å². The number of aryl methyl sites for hydroxylation is 1. The zero-order valence-electron chi connectivity index (χ0n) is 7.44. The van der Waals surface area contributed by atoms with Crippen LogP contribution in [0.15, 0.2) is 30.4 Å². The Kier molecular flexibility index (Phi) is 1.94. The molecule has 0 spiro atoms. The highest BCUT2D eigenvalue weighted by atomic mass is 16.3. The maximum Gasteiger partial charge on any atom is 0.0979 e. The third-order valence-electron chi connectivity index (χ3n) is 2.45. The van der Waals surface area contributed by atoms with Crippen molar-refractivity contribution in [1.82, 2.24) is 0 Å². The van der Waals surface area contributed by atoms with E-state index in [-0.39, 0.29) is 0 Å². The van der Waals surface area contributed by atoms with Gasteiger partial charge in [0, 0.05) is 0 Å². The number of aliphatic hydroxyl groups excluding tert-OH is 2. The van der Waals surface area contributed by atoms with Crippen molar-refractivity contribution >= 4 is 0 Å². The molecule has 0 fully saturated rings. The van der Waals surface area contributed by atoms with Gasteiger partial charge in [-0.05, 0) is 23.6 Å². The van der Waals surface area contributed by atoms with E-state index in [0.717, 1.165) is 16.7 Å². The number of rotatable bonds is 0. The second-order valence-electron chi connectivity index (χ2n) is 3.35. The first-order valence-corrected chi connectivity index (χ1v) is 4.34. The van der Waals surface area contributed by atoms with Crippen LogP contribution in [0.25, 0.3) is 0 Å². The first kappa shape index (κ1) is 8.48. The molecule has 1 aliphatic rings. The van der Waals surface area contributed by atoms with Crippen LogP contribution >= 0.6 is 0 Å². The molecule has 0 saturated heterocycles. The molecule has 0 aromatic heterocycles. The van der Waals surface area contributed by atoms with Crippen molar-refractivity contribution in [1.29, 1.82) is 0 Å². The van der Waals surface area contributed by atoms with Crippen LogP contribution in [0.5, 0.6) is 0 Å². The smallest absolute Gasteiger partial charge is 0.0979 e. The molecule has 2 rings (SSSR count). The minimum absolute atomic E-state index is 0.570. The molecule has 2 heteroatoms. The first-order chi connectivity index (χ1) is 6.20. The molecule has 1 aromatic carbocycles.